The Morgan fingerprint density at radius 2 is 2.00 bits per heavy atom. The third-order valence-corrected chi connectivity index (χ3v) is 7.96. The molecular weight excluding hydrogens is 404 g/mol. The summed E-state index contributed by atoms with van der Waals surface area (Å²) in [5.41, 5.74) is 2.84. The largest absolute Gasteiger partial charge is 0.476 e. The van der Waals surface area contributed by atoms with Crippen molar-refractivity contribution in [2.24, 2.45) is 17.3 Å². The fraction of sp³-hybridized carbons (Fsp3) is 0.640. The minimum atomic E-state index is -1.01. The summed E-state index contributed by atoms with van der Waals surface area (Å²) >= 11 is 0. The van der Waals surface area contributed by atoms with Crippen molar-refractivity contribution in [2.45, 2.75) is 57.6 Å². The zero-order valence-electron chi connectivity index (χ0n) is 19.4. The topological polar surface area (TPSA) is 80.5 Å². The molecule has 4 aliphatic carbocycles. The van der Waals surface area contributed by atoms with Gasteiger partial charge in [0.15, 0.2) is 5.69 Å². The second-order valence-corrected chi connectivity index (χ2v) is 10.8. The molecule has 4 saturated carbocycles. The van der Waals surface area contributed by atoms with Gasteiger partial charge in [-0.15, -0.1) is 0 Å². The summed E-state index contributed by atoms with van der Waals surface area (Å²) in [6.07, 6.45) is 10.7. The van der Waals surface area contributed by atoms with Crippen molar-refractivity contribution in [3.05, 3.63) is 35.9 Å². The van der Waals surface area contributed by atoms with Crippen molar-refractivity contribution < 1.29 is 14.6 Å². The summed E-state index contributed by atoms with van der Waals surface area (Å²) in [4.78, 5) is 17.9. The Kier molecular flexibility index (Phi) is 5.37. The first kappa shape index (κ1) is 21.6. The number of aromatic nitrogens is 3. The number of rotatable bonds is 8. The Balaban J connectivity index is 1.40. The fourth-order valence-electron chi connectivity index (χ4n) is 7.14. The van der Waals surface area contributed by atoms with Gasteiger partial charge in [-0.1, -0.05) is 6.07 Å². The van der Waals surface area contributed by atoms with Crippen LogP contribution in [-0.4, -0.2) is 63.6 Å². The van der Waals surface area contributed by atoms with Gasteiger partial charge in [0.2, 0.25) is 0 Å². The van der Waals surface area contributed by atoms with E-state index in [0.717, 1.165) is 49.2 Å². The third-order valence-electron chi connectivity index (χ3n) is 7.96. The lowest BCUT2D eigenvalue weighted by atomic mass is 9.48. The Morgan fingerprint density at radius 3 is 2.69 bits per heavy atom. The third kappa shape index (κ3) is 3.86. The highest BCUT2D eigenvalue weighted by Gasteiger charge is 2.58. The molecule has 6 rings (SSSR count). The monoisotopic (exact) mass is 438 g/mol. The summed E-state index contributed by atoms with van der Waals surface area (Å²) in [6, 6.07) is 3.61. The summed E-state index contributed by atoms with van der Waals surface area (Å²) in [5, 5.41) is 14.3. The number of aromatic carboxylic acids is 1. The number of nitrogens with zero attached hydrogens (tertiary/aromatic N) is 4. The van der Waals surface area contributed by atoms with Gasteiger partial charge in [-0.2, -0.15) is 5.10 Å². The molecule has 7 nitrogen and oxygen atoms in total. The molecule has 0 spiro atoms. The first-order chi connectivity index (χ1) is 15.3. The summed E-state index contributed by atoms with van der Waals surface area (Å²) in [6.45, 7) is 4.69. The molecule has 2 unspecified atom stereocenters. The Morgan fingerprint density at radius 1 is 1.25 bits per heavy atom. The van der Waals surface area contributed by atoms with Crippen LogP contribution in [0.2, 0.25) is 0 Å². The zero-order valence-corrected chi connectivity index (χ0v) is 19.4. The van der Waals surface area contributed by atoms with Gasteiger partial charge in [0.25, 0.3) is 0 Å². The maximum Gasteiger partial charge on any atom is 0.355 e. The number of pyridine rings is 1. The van der Waals surface area contributed by atoms with E-state index < -0.39 is 5.97 Å². The lowest BCUT2D eigenvalue weighted by Crippen LogP contribution is -2.58. The Bertz CT molecular complexity index is 1000. The van der Waals surface area contributed by atoms with Crippen molar-refractivity contribution >= 4 is 5.97 Å². The maximum absolute atomic E-state index is 11.7. The molecule has 0 radical (unpaired) electrons. The Labute approximate surface area is 189 Å². The predicted octanol–water partition coefficient (Wildman–Crippen LogP) is 3.87. The molecular formula is C25H34N4O3. The van der Waals surface area contributed by atoms with Gasteiger partial charge in [-0.25, -0.2) is 9.78 Å². The molecule has 0 aliphatic heterocycles. The number of carbonyl (C=O) groups is 1. The lowest BCUT2D eigenvalue weighted by molar-refractivity contribution is -0.197. The van der Waals surface area contributed by atoms with Crippen LogP contribution in [-0.2, 0) is 11.3 Å². The van der Waals surface area contributed by atoms with Gasteiger partial charge in [0.1, 0.15) is 0 Å². The van der Waals surface area contributed by atoms with Gasteiger partial charge in [0.05, 0.1) is 18.4 Å². The number of carboxylic acid groups (broad SMARTS) is 1. The standard InChI is InChI=1S/C25H34N4O3/c1-17-21(20-5-4-6-26-22(20)23(30)31)14-27-29(17)16-24-10-18-9-19(11-24)13-25(12-18,15-24)32-8-7-28(2)3/h4-6,14,18-19H,7-13,15-16H2,1-3H3,(H,30,31). The van der Waals surface area contributed by atoms with E-state index in [1.807, 2.05) is 19.2 Å². The summed E-state index contributed by atoms with van der Waals surface area (Å²) in [5.74, 6) is 0.497. The highest BCUT2D eigenvalue weighted by atomic mass is 16.5. The minimum Gasteiger partial charge on any atom is -0.476 e. The number of ether oxygens (including phenoxy) is 1. The lowest BCUT2D eigenvalue weighted by Gasteiger charge is -2.61. The zero-order chi connectivity index (χ0) is 22.5. The maximum atomic E-state index is 11.7. The highest BCUT2D eigenvalue weighted by molar-refractivity contribution is 5.94. The minimum absolute atomic E-state index is 0.0316. The van der Waals surface area contributed by atoms with Crippen LogP contribution in [0, 0.1) is 24.2 Å². The fourth-order valence-corrected chi connectivity index (χ4v) is 7.14. The molecule has 4 bridgehead atoms. The molecule has 0 saturated heterocycles. The van der Waals surface area contributed by atoms with Gasteiger partial charge < -0.3 is 14.7 Å². The molecule has 4 aliphatic rings. The van der Waals surface area contributed by atoms with E-state index in [0.29, 0.717) is 5.56 Å². The van der Waals surface area contributed by atoms with Crippen LogP contribution in [0.5, 0.6) is 0 Å². The first-order valence-electron chi connectivity index (χ1n) is 11.8. The van der Waals surface area contributed by atoms with Gasteiger partial charge in [0, 0.05) is 36.1 Å². The van der Waals surface area contributed by atoms with E-state index in [1.54, 1.807) is 6.07 Å². The molecule has 1 N–H and O–H groups in total. The summed E-state index contributed by atoms with van der Waals surface area (Å²) in [7, 11) is 4.20. The molecule has 2 aromatic rings. The Hall–Kier alpha value is -2.25. The molecule has 2 aromatic heterocycles. The van der Waals surface area contributed by atoms with Crippen LogP contribution in [0.25, 0.3) is 11.1 Å². The second-order valence-electron chi connectivity index (χ2n) is 10.8. The van der Waals surface area contributed by atoms with E-state index in [2.05, 4.69) is 28.7 Å². The number of hydrogen-bond acceptors (Lipinski definition) is 5. The van der Waals surface area contributed by atoms with Crippen molar-refractivity contribution in [3.8, 4) is 11.1 Å². The predicted molar refractivity (Wildman–Crippen MR) is 122 cm³/mol. The van der Waals surface area contributed by atoms with Crippen LogP contribution in [0.1, 0.15) is 54.7 Å². The van der Waals surface area contributed by atoms with E-state index in [9.17, 15) is 9.90 Å². The smallest absolute Gasteiger partial charge is 0.355 e. The van der Waals surface area contributed by atoms with Gasteiger partial charge >= 0.3 is 5.97 Å². The van der Waals surface area contributed by atoms with Crippen LogP contribution in [0.3, 0.4) is 0 Å². The molecule has 7 heteroatoms. The molecule has 0 amide bonds. The summed E-state index contributed by atoms with van der Waals surface area (Å²) < 4.78 is 8.72. The van der Waals surface area contributed by atoms with Crippen molar-refractivity contribution in [1.29, 1.82) is 0 Å². The number of carboxylic acids is 1. The van der Waals surface area contributed by atoms with E-state index in [-0.39, 0.29) is 16.7 Å². The van der Waals surface area contributed by atoms with Crippen molar-refractivity contribution in [2.75, 3.05) is 27.2 Å². The first-order valence-corrected chi connectivity index (χ1v) is 11.8. The quantitative estimate of drug-likeness (QED) is 0.674. The average Bonchev–Trinajstić information content (AvgIpc) is 3.06. The van der Waals surface area contributed by atoms with E-state index >= 15 is 0 Å². The molecule has 32 heavy (non-hydrogen) atoms. The molecule has 2 heterocycles. The SMILES string of the molecule is Cc1c(-c2cccnc2C(=O)O)cnn1CC12CC3CC(C1)CC(OCCN(C)C)(C3)C2. The number of hydrogen-bond donors (Lipinski definition) is 1. The van der Waals surface area contributed by atoms with Crippen molar-refractivity contribution in [3.63, 3.8) is 0 Å². The van der Waals surface area contributed by atoms with Crippen LogP contribution < -0.4 is 0 Å². The van der Waals surface area contributed by atoms with Gasteiger partial charge in [-0.3, -0.25) is 4.68 Å². The van der Waals surface area contributed by atoms with Crippen molar-refractivity contribution in [1.82, 2.24) is 19.7 Å². The second kappa shape index (κ2) is 7.96. The van der Waals surface area contributed by atoms with Crippen LogP contribution >= 0.6 is 0 Å². The molecule has 172 valence electrons. The molecule has 2 atom stereocenters. The molecule has 0 aromatic carbocycles. The van der Waals surface area contributed by atoms with Crippen LogP contribution in [0.4, 0.5) is 0 Å². The van der Waals surface area contributed by atoms with Crippen LogP contribution in [0.15, 0.2) is 24.5 Å². The normalized spacial score (nSPS) is 30.9. The highest BCUT2D eigenvalue weighted by Crippen LogP contribution is 2.63. The van der Waals surface area contributed by atoms with Gasteiger partial charge in [-0.05, 0) is 82.9 Å². The number of likely N-dealkylation sites (N-methyl/N-ethyl adjacent to an activating group) is 1. The molecule has 4 fully saturated rings. The van der Waals surface area contributed by atoms with E-state index in [1.165, 1.54) is 38.3 Å². The van der Waals surface area contributed by atoms with E-state index in [4.69, 9.17) is 9.84 Å². The average molecular weight is 439 g/mol.